The Labute approximate surface area is 117 Å². The predicted octanol–water partition coefficient (Wildman–Crippen LogP) is 1.22. The monoisotopic (exact) mass is 274 g/mol. The normalized spacial score (nSPS) is 19.5. The van der Waals surface area contributed by atoms with Crippen LogP contribution in [0, 0.1) is 0 Å². The molecule has 106 valence electrons. The SMILES string of the molecule is CCc1noc2ncc(C(=O)N3CCNC(C)C3)cc12. The van der Waals surface area contributed by atoms with Crippen molar-refractivity contribution in [3.8, 4) is 0 Å². The lowest BCUT2D eigenvalue weighted by Crippen LogP contribution is -2.51. The van der Waals surface area contributed by atoms with Crippen LogP contribution in [0.1, 0.15) is 29.9 Å². The number of fused-ring (bicyclic) bond motifs is 1. The molecule has 0 spiro atoms. The maximum absolute atomic E-state index is 12.5. The average molecular weight is 274 g/mol. The zero-order valence-corrected chi connectivity index (χ0v) is 11.7. The summed E-state index contributed by atoms with van der Waals surface area (Å²) in [5.74, 6) is 0.0241. The van der Waals surface area contributed by atoms with Crippen LogP contribution in [0.3, 0.4) is 0 Å². The second-order valence-corrected chi connectivity index (χ2v) is 5.17. The van der Waals surface area contributed by atoms with E-state index in [2.05, 4.69) is 22.4 Å². The zero-order chi connectivity index (χ0) is 14.1. The maximum Gasteiger partial charge on any atom is 0.257 e. The van der Waals surface area contributed by atoms with Crippen LogP contribution in [-0.4, -0.2) is 46.6 Å². The van der Waals surface area contributed by atoms with E-state index in [4.69, 9.17) is 4.52 Å². The van der Waals surface area contributed by atoms with E-state index in [1.54, 1.807) is 6.20 Å². The first kappa shape index (κ1) is 13.1. The van der Waals surface area contributed by atoms with E-state index in [1.165, 1.54) is 0 Å². The van der Waals surface area contributed by atoms with Crippen molar-refractivity contribution in [2.75, 3.05) is 19.6 Å². The highest BCUT2D eigenvalue weighted by Gasteiger charge is 2.22. The number of nitrogens with zero attached hydrogens (tertiary/aromatic N) is 3. The quantitative estimate of drug-likeness (QED) is 0.891. The molecule has 3 heterocycles. The molecule has 20 heavy (non-hydrogen) atoms. The highest BCUT2D eigenvalue weighted by atomic mass is 16.5. The van der Waals surface area contributed by atoms with Crippen LogP contribution < -0.4 is 5.32 Å². The topological polar surface area (TPSA) is 71.3 Å². The lowest BCUT2D eigenvalue weighted by Gasteiger charge is -2.31. The minimum atomic E-state index is 0.0241. The molecular formula is C14H18N4O2. The van der Waals surface area contributed by atoms with E-state index < -0.39 is 0 Å². The number of carbonyl (C=O) groups is 1. The molecule has 1 saturated heterocycles. The van der Waals surface area contributed by atoms with Crippen molar-refractivity contribution < 1.29 is 9.32 Å². The Bertz CT molecular complexity index is 637. The Morgan fingerprint density at radius 3 is 3.20 bits per heavy atom. The molecule has 0 aromatic carbocycles. The molecule has 6 heteroatoms. The highest BCUT2D eigenvalue weighted by Crippen LogP contribution is 2.19. The summed E-state index contributed by atoms with van der Waals surface area (Å²) in [7, 11) is 0. The molecule has 2 aromatic rings. The first-order valence-electron chi connectivity index (χ1n) is 6.96. The number of hydrogen-bond acceptors (Lipinski definition) is 5. The minimum absolute atomic E-state index is 0.0241. The Morgan fingerprint density at radius 1 is 1.60 bits per heavy atom. The number of pyridine rings is 1. The molecule has 1 aliphatic heterocycles. The first-order valence-corrected chi connectivity index (χ1v) is 6.96. The molecule has 2 aromatic heterocycles. The van der Waals surface area contributed by atoms with Gasteiger partial charge in [-0.15, -0.1) is 0 Å². The third-order valence-electron chi connectivity index (χ3n) is 3.64. The van der Waals surface area contributed by atoms with E-state index in [-0.39, 0.29) is 5.91 Å². The van der Waals surface area contributed by atoms with Gasteiger partial charge in [0, 0.05) is 31.9 Å². The molecule has 3 rings (SSSR count). The molecule has 1 N–H and O–H groups in total. The first-order chi connectivity index (χ1) is 9.69. The molecule has 0 bridgehead atoms. The largest absolute Gasteiger partial charge is 0.336 e. The molecular weight excluding hydrogens is 256 g/mol. The van der Waals surface area contributed by atoms with Gasteiger partial charge in [-0.05, 0) is 19.4 Å². The summed E-state index contributed by atoms with van der Waals surface area (Å²) in [4.78, 5) is 18.6. The van der Waals surface area contributed by atoms with Crippen LogP contribution >= 0.6 is 0 Å². The van der Waals surface area contributed by atoms with Gasteiger partial charge in [0.1, 0.15) is 0 Å². The van der Waals surface area contributed by atoms with Crippen molar-refractivity contribution in [2.24, 2.45) is 0 Å². The summed E-state index contributed by atoms with van der Waals surface area (Å²) in [6, 6.07) is 2.17. The molecule has 0 saturated carbocycles. The van der Waals surface area contributed by atoms with Gasteiger partial charge < -0.3 is 14.7 Å². The van der Waals surface area contributed by atoms with Gasteiger partial charge in [-0.3, -0.25) is 4.79 Å². The molecule has 1 amide bonds. The Balaban J connectivity index is 1.90. The predicted molar refractivity (Wildman–Crippen MR) is 74.6 cm³/mol. The molecule has 0 radical (unpaired) electrons. The number of amides is 1. The molecule has 0 aliphatic carbocycles. The minimum Gasteiger partial charge on any atom is -0.336 e. The van der Waals surface area contributed by atoms with Gasteiger partial charge in [0.2, 0.25) is 0 Å². The van der Waals surface area contributed by atoms with Crippen LogP contribution in [0.2, 0.25) is 0 Å². The van der Waals surface area contributed by atoms with Crippen LogP contribution in [0.25, 0.3) is 11.1 Å². The van der Waals surface area contributed by atoms with Crippen LogP contribution in [-0.2, 0) is 6.42 Å². The van der Waals surface area contributed by atoms with E-state index in [0.29, 0.717) is 17.3 Å². The van der Waals surface area contributed by atoms with E-state index >= 15 is 0 Å². The maximum atomic E-state index is 12.5. The van der Waals surface area contributed by atoms with Crippen LogP contribution in [0.4, 0.5) is 0 Å². The van der Waals surface area contributed by atoms with Gasteiger partial charge >= 0.3 is 0 Å². The molecule has 1 aliphatic rings. The van der Waals surface area contributed by atoms with Crippen molar-refractivity contribution >= 4 is 17.0 Å². The third kappa shape index (κ3) is 2.27. The number of aryl methyl sites for hydroxylation is 1. The fraction of sp³-hybridized carbons (Fsp3) is 0.500. The summed E-state index contributed by atoms with van der Waals surface area (Å²) in [5, 5.41) is 8.13. The van der Waals surface area contributed by atoms with Gasteiger partial charge in [-0.2, -0.15) is 0 Å². The summed E-state index contributed by atoms with van der Waals surface area (Å²) in [5.41, 5.74) is 1.94. The summed E-state index contributed by atoms with van der Waals surface area (Å²) >= 11 is 0. The summed E-state index contributed by atoms with van der Waals surface area (Å²) in [6.45, 7) is 6.36. The van der Waals surface area contributed by atoms with Crippen molar-refractivity contribution in [1.29, 1.82) is 0 Å². The molecule has 6 nitrogen and oxygen atoms in total. The molecule has 1 fully saturated rings. The van der Waals surface area contributed by atoms with Gasteiger partial charge in [0.15, 0.2) is 0 Å². The van der Waals surface area contributed by atoms with Gasteiger partial charge in [-0.1, -0.05) is 12.1 Å². The fourth-order valence-electron chi connectivity index (χ4n) is 2.55. The van der Waals surface area contributed by atoms with Crippen LogP contribution in [0.15, 0.2) is 16.8 Å². The second-order valence-electron chi connectivity index (χ2n) is 5.17. The summed E-state index contributed by atoms with van der Waals surface area (Å²) < 4.78 is 5.14. The van der Waals surface area contributed by atoms with Crippen molar-refractivity contribution in [1.82, 2.24) is 20.4 Å². The summed E-state index contributed by atoms with van der Waals surface area (Å²) in [6.07, 6.45) is 2.33. The standard InChI is InChI=1S/C14H18N4O2/c1-3-12-11-6-10(7-16-13(11)20-17-12)14(19)18-5-4-15-9(2)8-18/h6-7,9,15H,3-5,8H2,1-2H3. The lowest BCUT2D eigenvalue weighted by atomic mass is 10.1. The van der Waals surface area contributed by atoms with Crippen molar-refractivity contribution in [2.45, 2.75) is 26.3 Å². The van der Waals surface area contributed by atoms with Crippen molar-refractivity contribution in [3.63, 3.8) is 0 Å². The fourth-order valence-corrected chi connectivity index (χ4v) is 2.55. The Hall–Kier alpha value is -1.95. The van der Waals surface area contributed by atoms with Gasteiger partial charge in [-0.25, -0.2) is 4.98 Å². The number of rotatable bonds is 2. The number of hydrogen-bond donors (Lipinski definition) is 1. The van der Waals surface area contributed by atoms with E-state index in [0.717, 1.165) is 37.1 Å². The van der Waals surface area contributed by atoms with Gasteiger partial charge in [0.25, 0.3) is 11.6 Å². The van der Waals surface area contributed by atoms with E-state index in [1.807, 2.05) is 17.9 Å². The average Bonchev–Trinajstić information content (AvgIpc) is 2.88. The number of piperazine rings is 1. The number of aromatic nitrogens is 2. The van der Waals surface area contributed by atoms with Gasteiger partial charge in [0.05, 0.1) is 16.6 Å². The Kier molecular flexibility index (Phi) is 3.40. The molecule has 1 atom stereocenters. The number of carbonyl (C=O) groups excluding carboxylic acids is 1. The van der Waals surface area contributed by atoms with E-state index in [9.17, 15) is 4.79 Å². The van der Waals surface area contributed by atoms with Crippen molar-refractivity contribution in [3.05, 3.63) is 23.5 Å². The lowest BCUT2D eigenvalue weighted by molar-refractivity contribution is 0.0709. The Morgan fingerprint density at radius 2 is 2.45 bits per heavy atom. The highest BCUT2D eigenvalue weighted by molar-refractivity contribution is 5.97. The van der Waals surface area contributed by atoms with Crippen LogP contribution in [0.5, 0.6) is 0 Å². The molecule has 1 unspecified atom stereocenters. The number of nitrogens with one attached hydrogen (secondary N) is 1. The second kappa shape index (κ2) is 5.20. The zero-order valence-electron chi connectivity index (χ0n) is 11.7. The third-order valence-corrected chi connectivity index (χ3v) is 3.64. The smallest absolute Gasteiger partial charge is 0.257 e.